The third-order valence-electron chi connectivity index (χ3n) is 3.40. The van der Waals surface area contributed by atoms with Crippen LogP contribution in [0, 0.1) is 27.4 Å². The highest BCUT2D eigenvalue weighted by Gasteiger charge is 2.04. The minimum atomic E-state index is 1.05. The number of hydrogen-bond donors (Lipinski definition) is 0. The van der Waals surface area contributed by atoms with Crippen molar-refractivity contribution in [3.8, 4) is 0 Å². The minimum absolute atomic E-state index is 1.05. The normalized spacial score (nSPS) is 10.4. The lowest BCUT2D eigenvalue weighted by molar-refractivity contribution is 0.683. The number of rotatable bonds is 6. The lowest BCUT2D eigenvalue weighted by atomic mass is 9.94. The Balaban J connectivity index is 2.53. The Hall–Kier alpha value is -1.04. The van der Waals surface area contributed by atoms with Crippen LogP contribution in [0.3, 0.4) is 0 Å². The van der Waals surface area contributed by atoms with Gasteiger partial charge in [-0.1, -0.05) is 31.2 Å². The van der Waals surface area contributed by atoms with Crippen molar-refractivity contribution in [3.05, 3.63) is 47.0 Å². The second-order valence-corrected chi connectivity index (χ2v) is 4.64. The van der Waals surface area contributed by atoms with Gasteiger partial charge in [0.05, 0.1) is 0 Å². The first-order valence-corrected chi connectivity index (χ1v) is 6.26. The molecule has 0 nitrogen and oxygen atoms in total. The van der Waals surface area contributed by atoms with E-state index < -0.39 is 0 Å². The molecular formula is C16H23. The van der Waals surface area contributed by atoms with Gasteiger partial charge in [0, 0.05) is 0 Å². The van der Waals surface area contributed by atoms with Gasteiger partial charge in [0.25, 0.3) is 0 Å². The molecular weight excluding hydrogens is 192 g/mol. The van der Waals surface area contributed by atoms with Gasteiger partial charge in [0.2, 0.25) is 0 Å². The van der Waals surface area contributed by atoms with Crippen LogP contribution in [0.2, 0.25) is 0 Å². The smallest absolute Gasteiger partial charge is 0.0274 e. The van der Waals surface area contributed by atoms with Gasteiger partial charge in [-0.2, -0.15) is 0 Å². The number of benzene rings is 1. The summed E-state index contributed by atoms with van der Waals surface area (Å²) < 4.78 is 0. The Morgan fingerprint density at radius 1 is 1.00 bits per heavy atom. The van der Waals surface area contributed by atoms with E-state index in [1.807, 2.05) is 0 Å². The van der Waals surface area contributed by atoms with Crippen LogP contribution in [0.4, 0.5) is 0 Å². The fraction of sp³-hybridized carbons (Fsp3) is 0.500. The van der Waals surface area contributed by atoms with Gasteiger partial charge >= 0.3 is 0 Å². The molecule has 0 spiro atoms. The molecule has 0 unspecified atom stereocenters. The summed E-state index contributed by atoms with van der Waals surface area (Å²) in [5, 5.41) is 0. The lowest BCUT2D eigenvalue weighted by Crippen LogP contribution is -1.96. The molecule has 1 aromatic rings. The molecule has 1 aromatic carbocycles. The highest BCUT2D eigenvalue weighted by molar-refractivity contribution is 5.39. The summed E-state index contributed by atoms with van der Waals surface area (Å²) in [5.74, 6) is 0. The van der Waals surface area contributed by atoms with Crippen molar-refractivity contribution >= 4 is 0 Å². The van der Waals surface area contributed by atoms with Crippen LogP contribution in [0.15, 0.2) is 18.2 Å². The van der Waals surface area contributed by atoms with Crippen LogP contribution in [0.5, 0.6) is 0 Å². The highest BCUT2D eigenvalue weighted by Crippen LogP contribution is 2.20. The molecule has 16 heavy (non-hydrogen) atoms. The van der Waals surface area contributed by atoms with Gasteiger partial charge in [-0.15, -0.1) is 0 Å². The molecule has 0 atom stereocenters. The molecule has 0 aromatic heterocycles. The van der Waals surface area contributed by atoms with Crippen molar-refractivity contribution in [2.45, 2.75) is 52.9 Å². The van der Waals surface area contributed by atoms with Crippen LogP contribution >= 0.6 is 0 Å². The topological polar surface area (TPSA) is 0 Å². The quantitative estimate of drug-likeness (QED) is 0.603. The standard InChI is InChI=1S/C16H23/c1-5-6-7-8-9-10-16-14(3)12-11-13(2)15(16)4/h1,5,11-12H,6-10H2,2-4H3. The summed E-state index contributed by atoms with van der Waals surface area (Å²) in [7, 11) is 0. The first-order valence-electron chi connectivity index (χ1n) is 6.26. The second kappa shape index (κ2) is 6.52. The predicted molar refractivity (Wildman–Crippen MR) is 71.7 cm³/mol. The van der Waals surface area contributed by atoms with Gasteiger partial charge in [-0.25, -0.2) is 0 Å². The molecule has 0 heteroatoms. The summed E-state index contributed by atoms with van der Waals surface area (Å²) in [4.78, 5) is 0. The molecule has 0 saturated carbocycles. The van der Waals surface area contributed by atoms with Gasteiger partial charge in [-0.3, -0.25) is 0 Å². The third kappa shape index (κ3) is 3.52. The molecule has 0 aliphatic carbocycles. The van der Waals surface area contributed by atoms with Gasteiger partial charge < -0.3 is 0 Å². The molecule has 0 fully saturated rings. The first-order chi connectivity index (χ1) is 7.66. The summed E-state index contributed by atoms with van der Waals surface area (Å²) >= 11 is 0. The molecule has 0 bridgehead atoms. The Morgan fingerprint density at radius 2 is 1.69 bits per heavy atom. The molecule has 0 aliphatic heterocycles. The maximum Gasteiger partial charge on any atom is -0.0274 e. The first kappa shape index (κ1) is 13.0. The Morgan fingerprint density at radius 3 is 2.38 bits per heavy atom. The van der Waals surface area contributed by atoms with Crippen LogP contribution in [0.25, 0.3) is 0 Å². The lowest BCUT2D eigenvalue weighted by Gasteiger charge is -2.12. The number of allylic oxidation sites excluding steroid dienone is 1. The van der Waals surface area contributed by atoms with Crippen molar-refractivity contribution in [2.24, 2.45) is 0 Å². The predicted octanol–water partition coefficient (Wildman–Crippen LogP) is 4.70. The Kier molecular flexibility index (Phi) is 5.31. The average Bonchev–Trinajstić information content (AvgIpc) is 2.28. The molecule has 1 radical (unpaired) electrons. The van der Waals surface area contributed by atoms with Crippen molar-refractivity contribution in [2.75, 3.05) is 0 Å². The van der Waals surface area contributed by atoms with E-state index in [1.165, 1.54) is 42.4 Å². The SMILES string of the molecule is [CH]=CCCCCCc1c(C)ccc(C)c1C. The molecule has 0 saturated heterocycles. The molecule has 0 heterocycles. The van der Waals surface area contributed by atoms with Crippen molar-refractivity contribution in [1.29, 1.82) is 0 Å². The summed E-state index contributed by atoms with van der Waals surface area (Å²) in [6.45, 7) is 12.0. The highest BCUT2D eigenvalue weighted by atomic mass is 14.1. The van der Waals surface area contributed by atoms with E-state index in [0.717, 1.165) is 6.42 Å². The van der Waals surface area contributed by atoms with Crippen molar-refractivity contribution in [3.63, 3.8) is 0 Å². The number of unbranched alkanes of at least 4 members (excludes halogenated alkanes) is 3. The van der Waals surface area contributed by atoms with Crippen molar-refractivity contribution in [1.82, 2.24) is 0 Å². The van der Waals surface area contributed by atoms with E-state index in [1.54, 1.807) is 11.6 Å². The van der Waals surface area contributed by atoms with E-state index >= 15 is 0 Å². The maximum atomic E-state index is 5.36. The molecule has 87 valence electrons. The summed E-state index contributed by atoms with van der Waals surface area (Å²) in [6, 6.07) is 4.46. The zero-order chi connectivity index (χ0) is 12.0. The van der Waals surface area contributed by atoms with E-state index in [0.29, 0.717) is 0 Å². The Labute approximate surface area is 100 Å². The van der Waals surface area contributed by atoms with Gasteiger partial charge in [-0.05, 0) is 68.7 Å². The molecule has 0 aliphatic rings. The average molecular weight is 215 g/mol. The summed E-state index contributed by atoms with van der Waals surface area (Å²) in [6.07, 6.45) is 7.80. The zero-order valence-corrected chi connectivity index (χ0v) is 10.8. The Bertz CT molecular complexity index is 347. The fourth-order valence-electron chi connectivity index (χ4n) is 2.13. The van der Waals surface area contributed by atoms with E-state index in [9.17, 15) is 0 Å². The zero-order valence-electron chi connectivity index (χ0n) is 10.8. The van der Waals surface area contributed by atoms with Crippen LogP contribution in [0.1, 0.15) is 47.9 Å². The minimum Gasteiger partial charge on any atom is -0.0845 e. The molecule has 0 N–H and O–H groups in total. The maximum absolute atomic E-state index is 5.36. The molecule has 1 rings (SSSR count). The van der Waals surface area contributed by atoms with Gasteiger partial charge in [0.1, 0.15) is 0 Å². The van der Waals surface area contributed by atoms with Crippen LogP contribution in [-0.2, 0) is 6.42 Å². The fourth-order valence-corrected chi connectivity index (χ4v) is 2.13. The monoisotopic (exact) mass is 215 g/mol. The summed E-state index contributed by atoms with van der Waals surface area (Å²) in [5.41, 5.74) is 5.88. The second-order valence-electron chi connectivity index (χ2n) is 4.64. The number of aryl methyl sites for hydroxylation is 2. The largest absolute Gasteiger partial charge is 0.0845 e. The van der Waals surface area contributed by atoms with E-state index in [-0.39, 0.29) is 0 Å². The van der Waals surface area contributed by atoms with Crippen LogP contribution in [-0.4, -0.2) is 0 Å². The van der Waals surface area contributed by atoms with Gasteiger partial charge in [0.15, 0.2) is 0 Å². The van der Waals surface area contributed by atoms with E-state index in [4.69, 9.17) is 6.58 Å². The van der Waals surface area contributed by atoms with Crippen molar-refractivity contribution < 1.29 is 0 Å². The van der Waals surface area contributed by atoms with Crippen LogP contribution < -0.4 is 0 Å². The molecule has 0 amide bonds. The third-order valence-corrected chi connectivity index (χ3v) is 3.40. The number of hydrogen-bond acceptors (Lipinski definition) is 0. The van der Waals surface area contributed by atoms with E-state index in [2.05, 4.69) is 32.9 Å².